The molecule has 23 heavy (non-hydrogen) atoms. The van der Waals surface area contributed by atoms with Crippen molar-refractivity contribution in [2.24, 2.45) is 0 Å². The summed E-state index contributed by atoms with van der Waals surface area (Å²) in [6, 6.07) is 13.3. The smallest absolute Gasteiger partial charge is 0.0453 e. The zero-order chi connectivity index (χ0) is 16.6. The maximum Gasteiger partial charge on any atom is 0.0453 e. The van der Waals surface area contributed by atoms with Crippen LogP contribution in [-0.2, 0) is 5.41 Å². The fourth-order valence-corrected chi connectivity index (χ4v) is 4.49. The summed E-state index contributed by atoms with van der Waals surface area (Å²) in [5.74, 6) is 0. The van der Waals surface area contributed by atoms with E-state index in [0.717, 1.165) is 20.8 Å². The molecule has 0 bridgehead atoms. The summed E-state index contributed by atoms with van der Waals surface area (Å²) in [7, 11) is 0. The minimum absolute atomic E-state index is 0.00977. The van der Waals surface area contributed by atoms with E-state index in [4.69, 9.17) is 0 Å². The Labute approximate surface area is 163 Å². The van der Waals surface area contributed by atoms with E-state index in [-0.39, 0.29) is 5.41 Å². The van der Waals surface area contributed by atoms with Crippen molar-refractivity contribution in [3.8, 4) is 0 Å². The van der Waals surface area contributed by atoms with E-state index < -0.39 is 0 Å². The predicted octanol–water partition coefficient (Wildman–Crippen LogP) is 7.16. The minimum Gasteiger partial charge on any atom is -0.341 e. The number of rotatable bonds is 4. The maximum absolute atomic E-state index is 3.65. The second kappa shape index (κ2) is 6.89. The van der Waals surface area contributed by atoms with Crippen molar-refractivity contribution in [1.82, 2.24) is 0 Å². The highest BCUT2D eigenvalue weighted by Gasteiger charge is 2.36. The number of halogens is 3. The third-order valence-corrected chi connectivity index (χ3v) is 6.16. The highest BCUT2D eigenvalue weighted by atomic mass is 79.9. The maximum atomic E-state index is 3.65. The Balaban J connectivity index is 2.15. The van der Waals surface area contributed by atoms with E-state index in [9.17, 15) is 0 Å². The fourth-order valence-electron chi connectivity index (χ4n) is 3.37. The normalized spacial score (nSPS) is 15.3. The molecule has 1 aliphatic heterocycles. The molecule has 0 aromatic heterocycles. The van der Waals surface area contributed by atoms with Crippen LogP contribution in [0, 0.1) is 0 Å². The molecule has 2 aromatic rings. The number of hydrogen-bond donors (Lipinski definition) is 0. The fraction of sp³-hybridized carbons (Fsp3) is 0.368. The van der Waals surface area contributed by atoms with Gasteiger partial charge in [-0.2, -0.15) is 0 Å². The SMILES string of the molecule is CC1(C)c2cc(Br)ccc2N(CCCCBr)c2ccc(Br)cc21. The lowest BCUT2D eigenvalue weighted by Gasteiger charge is -2.42. The van der Waals surface area contributed by atoms with Crippen molar-refractivity contribution in [2.45, 2.75) is 32.1 Å². The van der Waals surface area contributed by atoms with Crippen LogP contribution in [0.4, 0.5) is 11.4 Å². The molecule has 4 heteroatoms. The zero-order valence-electron chi connectivity index (χ0n) is 13.4. The van der Waals surface area contributed by atoms with Gasteiger partial charge < -0.3 is 4.90 Å². The predicted molar refractivity (Wildman–Crippen MR) is 110 cm³/mol. The summed E-state index contributed by atoms with van der Waals surface area (Å²) in [5, 5.41) is 1.06. The van der Waals surface area contributed by atoms with Crippen LogP contribution in [0.1, 0.15) is 37.8 Å². The van der Waals surface area contributed by atoms with Gasteiger partial charge in [-0.3, -0.25) is 0 Å². The Hall–Kier alpha value is -0.320. The molecule has 0 spiro atoms. The van der Waals surface area contributed by atoms with Crippen molar-refractivity contribution in [1.29, 1.82) is 0 Å². The van der Waals surface area contributed by atoms with Crippen LogP contribution in [-0.4, -0.2) is 11.9 Å². The van der Waals surface area contributed by atoms with Gasteiger partial charge in [0.25, 0.3) is 0 Å². The van der Waals surface area contributed by atoms with Gasteiger partial charge in [-0.1, -0.05) is 61.6 Å². The lowest BCUT2D eigenvalue weighted by Crippen LogP contribution is -2.33. The van der Waals surface area contributed by atoms with Crippen LogP contribution < -0.4 is 4.90 Å². The van der Waals surface area contributed by atoms with Crippen molar-refractivity contribution in [3.05, 3.63) is 56.5 Å². The van der Waals surface area contributed by atoms with Crippen molar-refractivity contribution in [2.75, 3.05) is 16.8 Å². The summed E-state index contributed by atoms with van der Waals surface area (Å²) in [6.45, 7) is 5.68. The van der Waals surface area contributed by atoms with Gasteiger partial charge in [0.2, 0.25) is 0 Å². The Morgan fingerprint density at radius 3 is 1.87 bits per heavy atom. The molecule has 1 aliphatic rings. The second-order valence-corrected chi connectivity index (χ2v) is 9.12. The lowest BCUT2D eigenvalue weighted by molar-refractivity contribution is 0.619. The molecule has 0 radical (unpaired) electrons. The largest absolute Gasteiger partial charge is 0.341 e. The molecule has 0 atom stereocenters. The van der Waals surface area contributed by atoms with E-state index in [1.54, 1.807) is 0 Å². The number of hydrogen-bond acceptors (Lipinski definition) is 1. The van der Waals surface area contributed by atoms with Gasteiger partial charge in [-0.25, -0.2) is 0 Å². The molecule has 122 valence electrons. The summed E-state index contributed by atoms with van der Waals surface area (Å²) in [4.78, 5) is 2.48. The van der Waals surface area contributed by atoms with Gasteiger partial charge in [-0.05, 0) is 60.4 Å². The lowest BCUT2D eigenvalue weighted by atomic mass is 9.73. The van der Waals surface area contributed by atoms with Gasteiger partial charge in [-0.15, -0.1) is 0 Å². The molecular weight excluding hydrogens is 482 g/mol. The Morgan fingerprint density at radius 2 is 1.39 bits per heavy atom. The molecule has 0 saturated heterocycles. The van der Waals surface area contributed by atoms with Crippen LogP contribution in [0.3, 0.4) is 0 Å². The summed E-state index contributed by atoms with van der Waals surface area (Å²) in [5.41, 5.74) is 5.43. The monoisotopic (exact) mass is 499 g/mol. The van der Waals surface area contributed by atoms with E-state index in [0.29, 0.717) is 0 Å². The van der Waals surface area contributed by atoms with Gasteiger partial charge >= 0.3 is 0 Å². The molecule has 0 saturated carbocycles. The average Bonchev–Trinajstić information content (AvgIpc) is 2.51. The molecule has 3 rings (SSSR count). The van der Waals surface area contributed by atoms with Crippen LogP contribution >= 0.6 is 47.8 Å². The van der Waals surface area contributed by atoms with E-state index in [2.05, 4.69) is 103 Å². The second-order valence-electron chi connectivity index (χ2n) is 6.50. The Morgan fingerprint density at radius 1 is 0.870 bits per heavy atom. The Bertz CT molecular complexity index is 669. The minimum atomic E-state index is -0.00977. The molecule has 1 nitrogen and oxygen atoms in total. The first kappa shape index (κ1) is 17.5. The van der Waals surface area contributed by atoms with E-state index in [1.165, 1.54) is 35.3 Å². The van der Waals surface area contributed by atoms with Crippen molar-refractivity contribution < 1.29 is 0 Å². The molecule has 1 heterocycles. The van der Waals surface area contributed by atoms with Gasteiger partial charge in [0, 0.05) is 37.6 Å². The summed E-state index contributed by atoms with van der Waals surface area (Å²) >= 11 is 10.8. The molecular formula is C19H20Br3N. The molecule has 2 aromatic carbocycles. The standard InChI is InChI=1S/C19H20Br3N/c1-19(2)15-11-13(21)5-7-17(15)23(10-4-3-9-20)18-8-6-14(22)12-16(18)19/h5-8,11-12H,3-4,9-10H2,1-2H3. The number of unbranched alkanes of at least 4 members (excludes halogenated alkanes) is 1. The number of benzene rings is 2. The number of anilines is 2. The molecule has 0 N–H and O–H groups in total. The molecule has 0 aliphatic carbocycles. The molecule has 0 unspecified atom stereocenters. The molecule has 0 amide bonds. The Kier molecular flexibility index (Phi) is 5.24. The van der Waals surface area contributed by atoms with Crippen molar-refractivity contribution in [3.63, 3.8) is 0 Å². The van der Waals surface area contributed by atoms with Crippen LogP contribution in [0.2, 0.25) is 0 Å². The third kappa shape index (κ3) is 3.27. The van der Waals surface area contributed by atoms with Crippen LogP contribution in [0.25, 0.3) is 0 Å². The average molecular weight is 502 g/mol. The van der Waals surface area contributed by atoms with Gasteiger partial charge in [0.05, 0.1) is 0 Å². The first-order valence-electron chi connectivity index (χ1n) is 7.88. The number of alkyl halides is 1. The molecule has 0 fully saturated rings. The summed E-state index contributed by atoms with van der Waals surface area (Å²) < 4.78 is 2.28. The topological polar surface area (TPSA) is 3.24 Å². The van der Waals surface area contributed by atoms with Crippen LogP contribution in [0.5, 0.6) is 0 Å². The third-order valence-electron chi connectivity index (χ3n) is 4.61. The summed E-state index contributed by atoms with van der Waals surface area (Å²) in [6.07, 6.45) is 2.37. The first-order valence-corrected chi connectivity index (χ1v) is 10.6. The quantitative estimate of drug-likeness (QED) is 0.317. The van der Waals surface area contributed by atoms with Gasteiger partial charge in [0.1, 0.15) is 0 Å². The van der Waals surface area contributed by atoms with Crippen LogP contribution in [0.15, 0.2) is 45.3 Å². The van der Waals surface area contributed by atoms with Gasteiger partial charge in [0.15, 0.2) is 0 Å². The number of nitrogens with zero attached hydrogens (tertiary/aromatic N) is 1. The zero-order valence-corrected chi connectivity index (χ0v) is 18.1. The van der Waals surface area contributed by atoms with E-state index >= 15 is 0 Å². The first-order chi connectivity index (χ1) is 10.9. The highest BCUT2D eigenvalue weighted by Crippen LogP contribution is 2.50. The highest BCUT2D eigenvalue weighted by molar-refractivity contribution is 9.10. The number of fused-ring (bicyclic) bond motifs is 2. The van der Waals surface area contributed by atoms with Crippen molar-refractivity contribution >= 4 is 59.2 Å². The van der Waals surface area contributed by atoms with E-state index in [1.807, 2.05) is 0 Å².